The highest BCUT2D eigenvalue weighted by atomic mass is 79.9. The van der Waals surface area contributed by atoms with Gasteiger partial charge in [0, 0.05) is 38.0 Å². The van der Waals surface area contributed by atoms with E-state index in [0.717, 1.165) is 5.39 Å². The Morgan fingerprint density at radius 2 is 1.71 bits per heavy atom. The molecule has 1 N–H and O–H groups in total. The summed E-state index contributed by atoms with van der Waals surface area (Å²) in [7, 11) is 0. The van der Waals surface area contributed by atoms with Crippen molar-refractivity contribution in [3.63, 3.8) is 0 Å². The van der Waals surface area contributed by atoms with Gasteiger partial charge in [0.05, 0.1) is 22.0 Å². The Balaban J connectivity index is 1.56. The molecule has 2 heterocycles. The van der Waals surface area contributed by atoms with E-state index in [2.05, 4.69) is 26.1 Å². The van der Waals surface area contributed by atoms with Crippen LogP contribution in [0.2, 0.25) is 0 Å². The number of amides is 2. The number of benzene rings is 2. The maximum atomic E-state index is 14.5. The Morgan fingerprint density at radius 1 is 1.03 bits per heavy atom. The number of carbonyl (C=O) groups excluding carboxylic acids is 2. The number of H-pyrrole nitrogens is 1. The number of nitrogens with one attached hydrogen (secondary N) is 1. The lowest BCUT2D eigenvalue weighted by Crippen LogP contribution is -2.51. The van der Waals surface area contributed by atoms with E-state index in [-0.39, 0.29) is 22.4 Å². The Morgan fingerprint density at radius 3 is 2.42 bits per heavy atom. The van der Waals surface area contributed by atoms with Crippen molar-refractivity contribution in [3.8, 4) is 0 Å². The molecule has 7 nitrogen and oxygen atoms in total. The van der Waals surface area contributed by atoms with Crippen molar-refractivity contribution in [1.29, 1.82) is 0 Å². The fourth-order valence-electron chi connectivity index (χ4n) is 3.76. The molecule has 1 aliphatic rings. The minimum absolute atomic E-state index is 0.00787. The zero-order chi connectivity index (χ0) is 22.0. The SMILES string of the molecule is O=C(CBr)N1CCN(C(=O)c2cc(Cc3n[nH]c(=O)c4ccccc34)ccc2F)CC1. The summed E-state index contributed by atoms with van der Waals surface area (Å²) in [6, 6.07) is 11.6. The number of hydrogen-bond donors (Lipinski definition) is 1. The lowest BCUT2D eigenvalue weighted by atomic mass is 10.0. The lowest BCUT2D eigenvalue weighted by molar-refractivity contribution is -0.129. The minimum atomic E-state index is -0.591. The van der Waals surface area contributed by atoms with Crippen LogP contribution in [-0.2, 0) is 11.2 Å². The van der Waals surface area contributed by atoms with Crippen LogP contribution in [0.5, 0.6) is 0 Å². The largest absolute Gasteiger partial charge is 0.338 e. The molecule has 2 aromatic carbocycles. The molecule has 0 saturated carbocycles. The number of piperazine rings is 1. The average molecular weight is 487 g/mol. The molecular weight excluding hydrogens is 467 g/mol. The van der Waals surface area contributed by atoms with Crippen LogP contribution < -0.4 is 5.56 Å². The molecule has 0 aliphatic carbocycles. The minimum Gasteiger partial charge on any atom is -0.338 e. The van der Waals surface area contributed by atoms with Gasteiger partial charge in [0.2, 0.25) is 5.91 Å². The van der Waals surface area contributed by atoms with Crippen molar-refractivity contribution < 1.29 is 14.0 Å². The Labute approximate surface area is 186 Å². The van der Waals surface area contributed by atoms with E-state index in [1.54, 1.807) is 28.0 Å². The van der Waals surface area contributed by atoms with Crippen LogP contribution in [0, 0.1) is 5.82 Å². The van der Waals surface area contributed by atoms with Gasteiger partial charge in [0.15, 0.2) is 0 Å². The molecule has 160 valence electrons. The van der Waals surface area contributed by atoms with E-state index in [4.69, 9.17) is 0 Å². The summed E-state index contributed by atoms with van der Waals surface area (Å²) in [5, 5.41) is 8.13. The van der Waals surface area contributed by atoms with Crippen LogP contribution in [0.15, 0.2) is 47.3 Å². The summed E-state index contributed by atoms with van der Waals surface area (Å²) in [4.78, 5) is 40.0. The first-order valence-electron chi connectivity index (χ1n) is 9.85. The van der Waals surface area contributed by atoms with Crippen LogP contribution in [-0.4, -0.2) is 63.3 Å². The van der Waals surface area contributed by atoms with Crippen molar-refractivity contribution in [1.82, 2.24) is 20.0 Å². The normalized spacial score (nSPS) is 14.1. The molecule has 1 aromatic heterocycles. The third kappa shape index (κ3) is 4.36. The van der Waals surface area contributed by atoms with Crippen LogP contribution in [0.3, 0.4) is 0 Å². The second-order valence-electron chi connectivity index (χ2n) is 7.34. The molecule has 4 rings (SSSR count). The summed E-state index contributed by atoms with van der Waals surface area (Å²) in [5.74, 6) is -1.02. The van der Waals surface area contributed by atoms with Gasteiger partial charge in [-0.3, -0.25) is 14.4 Å². The van der Waals surface area contributed by atoms with E-state index < -0.39 is 11.7 Å². The quantitative estimate of drug-likeness (QED) is 0.573. The second-order valence-corrected chi connectivity index (χ2v) is 7.90. The van der Waals surface area contributed by atoms with Crippen LogP contribution in [0.25, 0.3) is 10.8 Å². The molecule has 1 fully saturated rings. The smallest absolute Gasteiger partial charge is 0.272 e. The molecule has 9 heteroatoms. The van der Waals surface area contributed by atoms with Crippen molar-refractivity contribution >= 4 is 38.5 Å². The first-order chi connectivity index (χ1) is 15.0. The standard InChI is InChI=1S/C22H20BrFN4O3/c23-13-20(29)27-7-9-28(10-8-27)22(31)17-11-14(5-6-18(17)24)12-19-15-3-1-2-4-16(15)21(30)26-25-19/h1-6,11H,7-10,12-13H2,(H,26,30). The maximum absolute atomic E-state index is 14.5. The number of carbonyl (C=O) groups is 2. The number of alkyl halides is 1. The predicted molar refractivity (Wildman–Crippen MR) is 118 cm³/mol. The van der Waals surface area contributed by atoms with E-state index in [9.17, 15) is 18.8 Å². The third-order valence-electron chi connectivity index (χ3n) is 5.44. The number of aromatic nitrogens is 2. The highest BCUT2D eigenvalue weighted by molar-refractivity contribution is 9.09. The molecule has 0 atom stereocenters. The van der Waals surface area contributed by atoms with Gasteiger partial charge < -0.3 is 9.80 Å². The number of halogens is 2. The van der Waals surface area contributed by atoms with E-state index in [0.29, 0.717) is 49.2 Å². The molecule has 0 unspecified atom stereocenters. The molecule has 0 bridgehead atoms. The number of fused-ring (bicyclic) bond motifs is 1. The van der Waals surface area contributed by atoms with Crippen molar-refractivity contribution in [2.75, 3.05) is 31.5 Å². The Hall–Kier alpha value is -3.07. The molecule has 1 saturated heterocycles. The number of aromatic amines is 1. The highest BCUT2D eigenvalue weighted by Gasteiger charge is 2.26. The summed E-state index contributed by atoms with van der Waals surface area (Å²) >= 11 is 3.15. The van der Waals surface area contributed by atoms with Crippen LogP contribution >= 0.6 is 15.9 Å². The van der Waals surface area contributed by atoms with Gasteiger partial charge in [-0.25, -0.2) is 9.49 Å². The zero-order valence-corrected chi connectivity index (χ0v) is 18.2. The third-order valence-corrected chi connectivity index (χ3v) is 5.92. The average Bonchev–Trinajstić information content (AvgIpc) is 2.81. The molecule has 0 radical (unpaired) electrons. The fraction of sp³-hybridized carbons (Fsp3) is 0.273. The van der Waals surface area contributed by atoms with Gasteiger partial charge in [-0.05, 0) is 23.8 Å². The van der Waals surface area contributed by atoms with Gasteiger partial charge in [0.1, 0.15) is 5.82 Å². The lowest BCUT2D eigenvalue weighted by Gasteiger charge is -2.34. The van der Waals surface area contributed by atoms with E-state index in [1.165, 1.54) is 12.1 Å². The van der Waals surface area contributed by atoms with Gasteiger partial charge >= 0.3 is 0 Å². The summed E-state index contributed by atoms with van der Waals surface area (Å²) < 4.78 is 14.5. The van der Waals surface area contributed by atoms with Crippen molar-refractivity contribution in [2.45, 2.75) is 6.42 Å². The summed E-state index contributed by atoms with van der Waals surface area (Å²) in [6.07, 6.45) is 0.339. The van der Waals surface area contributed by atoms with Crippen molar-refractivity contribution in [3.05, 3.63) is 75.5 Å². The van der Waals surface area contributed by atoms with Gasteiger partial charge in [0.25, 0.3) is 11.5 Å². The summed E-state index contributed by atoms with van der Waals surface area (Å²) in [6.45, 7) is 1.55. The van der Waals surface area contributed by atoms with Gasteiger partial charge in [-0.1, -0.05) is 40.2 Å². The number of nitrogens with zero attached hydrogens (tertiary/aromatic N) is 3. The van der Waals surface area contributed by atoms with Crippen LogP contribution in [0.4, 0.5) is 4.39 Å². The predicted octanol–water partition coefficient (Wildman–Crippen LogP) is 2.33. The Kier molecular flexibility index (Phi) is 6.13. The fourth-order valence-corrected chi connectivity index (χ4v) is 4.11. The monoisotopic (exact) mass is 486 g/mol. The summed E-state index contributed by atoms with van der Waals surface area (Å²) in [5.41, 5.74) is 1.07. The topological polar surface area (TPSA) is 86.4 Å². The molecule has 3 aromatic rings. The number of hydrogen-bond acceptors (Lipinski definition) is 4. The number of rotatable bonds is 4. The van der Waals surface area contributed by atoms with E-state index >= 15 is 0 Å². The maximum Gasteiger partial charge on any atom is 0.272 e. The zero-order valence-electron chi connectivity index (χ0n) is 16.6. The first kappa shape index (κ1) is 21.2. The highest BCUT2D eigenvalue weighted by Crippen LogP contribution is 2.20. The van der Waals surface area contributed by atoms with E-state index in [1.807, 2.05) is 12.1 Å². The second kappa shape index (κ2) is 8.97. The van der Waals surface area contributed by atoms with Gasteiger partial charge in [-0.2, -0.15) is 5.10 Å². The molecule has 2 amide bonds. The molecule has 31 heavy (non-hydrogen) atoms. The Bertz CT molecular complexity index is 1200. The van der Waals surface area contributed by atoms with Crippen molar-refractivity contribution in [2.24, 2.45) is 0 Å². The molecule has 1 aliphatic heterocycles. The van der Waals surface area contributed by atoms with Crippen LogP contribution in [0.1, 0.15) is 21.6 Å². The first-order valence-corrected chi connectivity index (χ1v) is 11.0. The molecule has 0 spiro atoms. The van der Waals surface area contributed by atoms with Gasteiger partial charge in [-0.15, -0.1) is 0 Å². The molecular formula is C22H20BrFN4O3.